The number of carbonyl (C=O) groups excluding carboxylic acids is 1. The Balaban J connectivity index is 1.61. The fourth-order valence-electron chi connectivity index (χ4n) is 3.26. The van der Waals surface area contributed by atoms with Gasteiger partial charge in [0.2, 0.25) is 5.91 Å². The Morgan fingerprint density at radius 1 is 1.38 bits per heavy atom. The lowest BCUT2D eigenvalue weighted by molar-refractivity contribution is -0.132. The van der Waals surface area contributed by atoms with Crippen LogP contribution in [0.2, 0.25) is 0 Å². The van der Waals surface area contributed by atoms with E-state index in [0.29, 0.717) is 25.1 Å². The molecule has 0 unspecified atom stereocenters. The molecule has 0 spiro atoms. The average molecular weight is 358 g/mol. The number of hydrogen-bond acceptors (Lipinski definition) is 5. The van der Waals surface area contributed by atoms with Crippen LogP contribution in [0.3, 0.4) is 0 Å². The summed E-state index contributed by atoms with van der Waals surface area (Å²) >= 11 is 0. The molecule has 26 heavy (non-hydrogen) atoms. The Morgan fingerprint density at radius 3 is 2.88 bits per heavy atom. The molecule has 2 aromatic rings. The van der Waals surface area contributed by atoms with Crippen LogP contribution in [-0.4, -0.2) is 58.2 Å². The molecular weight excluding hydrogens is 335 g/mol. The van der Waals surface area contributed by atoms with Crippen molar-refractivity contribution in [3.05, 3.63) is 53.7 Å². The molecule has 1 saturated heterocycles. The van der Waals surface area contributed by atoms with Crippen molar-refractivity contribution >= 4 is 11.7 Å². The summed E-state index contributed by atoms with van der Waals surface area (Å²) in [5.41, 5.74) is 0.210. The number of hydrogen-bond donors (Lipinski definition) is 1. The molecule has 3 rings (SSSR count). The number of nitrogens with zero attached hydrogens (tertiary/aromatic N) is 4. The van der Waals surface area contributed by atoms with Crippen LogP contribution in [0.5, 0.6) is 0 Å². The van der Waals surface area contributed by atoms with Gasteiger partial charge in [0, 0.05) is 31.9 Å². The molecule has 1 aliphatic rings. The highest BCUT2D eigenvalue weighted by atomic mass is 19.1. The number of aliphatic hydroxyl groups is 1. The molecule has 2 heterocycles. The molecule has 6 nitrogen and oxygen atoms in total. The standard InChI is InChI=1S/C19H23FN4O2/c1-14-9-17(22-13-21-14)24-8-7-19(26,12-24)11-23(2)18(25)10-15-5-3-4-6-16(15)20/h3-6,9,13,26H,7-8,10-12H2,1-2H3/t19-/m1/s1. The van der Waals surface area contributed by atoms with Crippen molar-refractivity contribution in [2.45, 2.75) is 25.4 Å². The van der Waals surface area contributed by atoms with Gasteiger partial charge in [-0.2, -0.15) is 0 Å². The third kappa shape index (κ3) is 4.16. The Kier molecular flexibility index (Phi) is 5.18. The van der Waals surface area contributed by atoms with Crippen molar-refractivity contribution in [3.63, 3.8) is 0 Å². The van der Waals surface area contributed by atoms with Gasteiger partial charge >= 0.3 is 0 Å². The summed E-state index contributed by atoms with van der Waals surface area (Å²) in [6, 6.07) is 8.12. The number of carbonyl (C=O) groups is 1. The molecule has 138 valence electrons. The van der Waals surface area contributed by atoms with Gasteiger partial charge in [-0.3, -0.25) is 4.79 Å². The van der Waals surface area contributed by atoms with E-state index in [0.717, 1.165) is 11.5 Å². The van der Waals surface area contributed by atoms with E-state index in [2.05, 4.69) is 9.97 Å². The Bertz CT molecular complexity index is 801. The van der Waals surface area contributed by atoms with Crippen molar-refractivity contribution in [3.8, 4) is 0 Å². The van der Waals surface area contributed by atoms with Crippen LogP contribution in [-0.2, 0) is 11.2 Å². The first-order chi connectivity index (χ1) is 12.4. The average Bonchev–Trinajstić information content (AvgIpc) is 2.99. The first-order valence-corrected chi connectivity index (χ1v) is 8.60. The van der Waals surface area contributed by atoms with Crippen molar-refractivity contribution < 1.29 is 14.3 Å². The number of likely N-dealkylation sites (N-methyl/N-ethyl adjacent to an activating group) is 1. The molecule has 0 radical (unpaired) electrons. The predicted molar refractivity (Wildman–Crippen MR) is 96.3 cm³/mol. The zero-order valence-corrected chi connectivity index (χ0v) is 15.0. The number of anilines is 1. The van der Waals surface area contributed by atoms with Gasteiger partial charge in [0.25, 0.3) is 0 Å². The van der Waals surface area contributed by atoms with Gasteiger partial charge in [0.15, 0.2) is 0 Å². The summed E-state index contributed by atoms with van der Waals surface area (Å²) in [6.45, 7) is 3.13. The largest absolute Gasteiger partial charge is 0.386 e. The van der Waals surface area contributed by atoms with Gasteiger partial charge in [0.05, 0.1) is 13.0 Å². The molecule has 1 amide bonds. The zero-order chi connectivity index (χ0) is 18.7. The lowest BCUT2D eigenvalue weighted by atomic mass is 10.0. The fraction of sp³-hybridized carbons (Fsp3) is 0.421. The van der Waals surface area contributed by atoms with E-state index in [-0.39, 0.29) is 24.7 Å². The molecule has 1 fully saturated rings. The van der Waals surface area contributed by atoms with Crippen LogP contribution in [0.15, 0.2) is 36.7 Å². The highest BCUT2D eigenvalue weighted by molar-refractivity contribution is 5.78. The van der Waals surface area contributed by atoms with E-state index in [4.69, 9.17) is 0 Å². The molecule has 7 heteroatoms. The number of halogens is 1. The summed E-state index contributed by atoms with van der Waals surface area (Å²) < 4.78 is 13.7. The predicted octanol–water partition coefficient (Wildman–Crippen LogP) is 1.57. The number of amides is 1. The zero-order valence-electron chi connectivity index (χ0n) is 15.0. The molecule has 1 aromatic carbocycles. The van der Waals surface area contributed by atoms with Gasteiger partial charge in [-0.15, -0.1) is 0 Å². The van der Waals surface area contributed by atoms with E-state index < -0.39 is 5.60 Å². The van der Waals surface area contributed by atoms with Gasteiger partial charge in [-0.1, -0.05) is 18.2 Å². The quantitative estimate of drug-likeness (QED) is 0.879. The smallest absolute Gasteiger partial charge is 0.226 e. The van der Waals surface area contributed by atoms with Crippen molar-refractivity contribution in [2.24, 2.45) is 0 Å². The molecule has 0 saturated carbocycles. The maximum Gasteiger partial charge on any atom is 0.226 e. The molecule has 1 atom stereocenters. The van der Waals surface area contributed by atoms with Gasteiger partial charge in [0.1, 0.15) is 23.6 Å². The molecule has 0 bridgehead atoms. The molecule has 0 aliphatic carbocycles. The van der Waals surface area contributed by atoms with E-state index in [1.54, 1.807) is 25.2 Å². The van der Waals surface area contributed by atoms with Crippen LogP contribution in [0.4, 0.5) is 10.2 Å². The van der Waals surface area contributed by atoms with Crippen LogP contribution < -0.4 is 4.90 Å². The lowest BCUT2D eigenvalue weighted by Gasteiger charge is -2.29. The third-order valence-corrected chi connectivity index (χ3v) is 4.70. The minimum atomic E-state index is -1.02. The summed E-state index contributed by atoms with van der Waals surface area (Å²) in [5, 5.41) is 10.9. The Morgan fingerprint density at radius 2 is 2.15 bits per heavy atom. The highest BCUT2D eigenvalue weighted by Crippen LogP contribution is 2.26. The summed E-state index contributed by atoms with van der Waals surface area (Å²) in [6.07, 6.45) is 2.02. The van der Waals surface area contributed by atoms with Crippen molar-refractivity contribution in [2.75, 3.05) is 31.6 Å². The minimum absolute atomic E-state index is 0.0198. The lowest BCUT2D eigenvalue weighted by Crippen LogP contribution is -2.46. The second-order valence-corrected chi connectivity index (χ2v) is 6.93. The second kappa shape index (κ2) is 7.37. The normalized spacial score (nSPS) is 19.6. The van der Waals surface area contributed by atoms with Gasteiger partial charge in [-0.25, -0.2) is 14.4 Å². The number of aromatic nitrogens is 2. The fourth-order valence-corrected chi connectivity index (χ4v) is 3.26. The van der Waals surface area contributed by atoms with E-state index in [9.17, 15) is 14.3 Å². The molecule has 1 N–H and O–H groups in total. The molecular formula is C19H23FN4O2. The number of aryl methyl sites for hydroxylation is 1. The van der Waals surface area contributed by atoms with Gasteiger partial charge in [-0.05, 0) is 25.0 Å². The summed E-state index contributed by atoms with van der Waals surface area (Å²) in [5.74, 6) is 0.160. The third-order valence-electron chi connectivity index (χ3n) is 4.70. The maximum atomic E-state index is 13.7. The minimum Gasteiger partial charge on any atom is -0.386 e. The van der Waals surface area contributed by atoms with Crippen molar-refractivity contribution in [1.82, 2.24) is 14.9 Å². The molecule has 1 aliphatic heterocycles. The molecule has 1 aromatic heterocycles. The van der Waals surface area contributed by atoms with Crippen molar-refractivity contribution in [1.29, 1.82) is 0 Å². The van der Waals surface area contributed by atoms with E-state index in [1.807, 2.05) is 17.9 Å². The number of rotatable bonds is 5. The van der Waals surface area contributed by atoms with E-state index >= 15 is 0 Å². The summed E-state index contributed by atoms with van der Waals surface area (Å²) in [4.78, 5) is 24.2. The maximum absolute atomic E-state index is 13.7. The highest BCUT2D eigenvalue weighted by Gasteiger charge is 2.38. The van der Waals surface area contributed by atoms with Crippen LogP contribution in [0.25, 0.3) is 0 Å². The van der Waals surface area contributed by atoms with Gasteiger partial charge < -0.3 is 14.9 Å². The first-order valence-electron chi connectivity index (χ1n) is 8.60. The number of benzene rings is 1. The monoisotopic (exact) mass is 358 g/mol. The van der Waals surface area contributed by atoms with Crippen LogP contribution in [0.1, 0.15) is 17.7 Å². The van der Waals surface area contributed by atoms with Crippen LogP contribution >= 0.6 is 0 Å². The first kappa shape index (κ1) is 18.3. The Hall–Kier alpha value is -2.54. The van der Waals surface area contributed by atoms with E-state index in [1.165, 1.54) is 17.3 Å². The number of β-amino-alcohol motifs (C(OH)–C–C–N with tert-alkyl or cyclic N) is 1. The summed E-state index contributed by atoms with van der Waals surface area (Å²) in [7, 11) is 1.64. The Labute approximate surface area is 152 Å². The second-order valence-electron chi connectivity index (χ2n) is 6.93. The SMILES string of the molecule is Cc1cc(N2CC[C@@](O)(CN(C)C(=O)Cc3ccccc3F)C2)ncn1. The van der Waals surface area contributed by atoms with Crippen LogP contribution in [0, 0.1) is 12.7 Å². The topological polar surface area (TPSA) is 69.6 Å².